The van der Waals surface area contributed by atoms with Crippen LogP contribution in [0, 0.1) is 12.8 Å². The summed E-state index contributed by atoms with van der Waals surface area (Å²) in [7, 11) is 0. The molecule has 0 unspecified atom stereocenters. The van der Waals surface area contributed by atoms with E-state index >= 15 is 0 Å². The van der Waals surface area contributed by atoms with Crippen LogP contribution in [0.5, 0.6) is 5.75 Å². The Balaban J connectivity index is 1.52. The fourth-order valence-corrected chi connectivity index (χ4v) is 3.08. The maximum Gasteiger partial charge on any atom is 0.223 e. The molecule has 1 amide bonds. The molecular weight excluding hydrogens is 306 g/mol. The monoisotopic (exact) mass is 329 g/mol. The van der Waals surface area contributed by atoms with Gasteiger partial charge in [0.15, 0.2) is 0 Å². The van der Waals surface area contributed by atoms with Crippen molar-refractivity contribution in [2.24, 2.45) is 11.7 Å². The number of pyridine rings is 1. The molecular formula is C18H23N3O3. The van der Waals surface area contributed by atoms with Gasteiger partial charge in [-0.05, 0) is 31.9 Å². The van der Waals surface area contributed by atoms with Crippen molar-refractivity contribution < 1.29 is 14.6 Å². The zero-order valence-corrected chi connectivity index (χ0v) is 13.7. The van der Waals surface area contributed by atoms with Gasteiger partial charge in [0, 0.05) is 23.0 Å². The minimum Gasteiger partial charge on any atom is -0.489 e. The Hall–Kier alpha value is -2.18. The van der Waals surface area contributed by atoms with Gasteiger partial charge in [0.25, 0.3) is 0 Å². The van der Waals surface area contributed by atoms with E-state index in [1.54, 1.807) is 0 Å². The van der Waals surface area contributed by atoms with Crippen molar-refractivity contribution in [1.29, 1.82) is 0 Å². The number of aliphatic hydroxyl groups is 1. The molecule has 0 saturated heterocycles. The average molecular weight is 329 g/mol. The minimum absolute atomic E-state index is 0.0718. The van der Waals surface area contributed by atoms with E-state index in [2.05, 4.69) is 10.3 Å². The summed E-state index contributed by atoms with van der Waals surface area (Å²) >= 11 is 0. The molecule has 0 spiro atoms. The summed E-state index contributed by atoms with van der Waals surface area (Å²) in [5.41, 5.74) is 7.50. The second kappa shape index (κ2) is 7.15. The lowest BCUT2D eigenvalue weighted by Gasteiger charge is -2.12. The summed E-state index contributed by atoms with van der Waals surface area (Å²) < 4.78 is 5.78. The molecule has 4 N–H and O–H groups in total. The van der Waals surface area contributed by atoms with Gasteiger partial charge in [-0.1, -0.05) is 18.2 Å². The van der Waals surface area contributed by atoms with E-state index < -0.39 is 6.10 Å². The number of carbonyl (C=O) groups is 1. The lowest BCUT2D eigenvalue weighted by atomic mass is 10.1. The summed E-state index contributed by atoms with van der Waals surface area (Å²) in [6, 6.07) is 9.47. The van der Waals surface area contributed by atoms with Crippen molar-refractivity contribution in [3.63, 3.8) is 0 Å². The number of carbonyl (C=O) groups excluding carboxylic acids is 1. The number of nitrogens with one attached hydrogen (secondary N) is 1. The highest BCUT2D eigenvalue weighted by Crippen LogP contribution is 2.25. The predicted octanol–water partition coefficient (Wildman–Crippen LogP) is 1.14. The van der Waals surface area contributed by atoms with Crippen molar-refractivity contribution >= 4 is 16.8 Å². The number of benzene rings is 1. The molecule has 6 heteroatoms. The van der Waals surface area contributed by atoms with Gasteiger partial charge in [-0.25, -0.2) is 4.98 Å². The van der Waals surface area contributed by atoms with E-state index in [4.69, 9.17) is 10.5 Å². The van der Waals surface area contributed by atoms with Crippen LogP contribution in [-0.4, -0.2) is 41.3 Å². The maximum atomic E-state index is 12.1. The number of aryl methyl sites for hydroxylation is 1. The smallest absolute Gasteiger partial charge is 0.223 e. The first-order valence-corrected chi connectivity index (χ1v) is 8.25. The van der Waals surface area contributed by atoms with Crippen molar-refractivity contribution in [2.75, 3.05) is 13.2 Å². The van der Waals surface area contributed by atoms with Crippen molar-refractivity contribution in [3.05, 3.63) is 36.0 Å². The van der Waals surface area contributed by atoms with Crippen LogP contribution in [0.3, 0.4) is 0 Å². The molecule has 0 bridgehead atoms. The van der Waals surface area contributed by atoms with E-state index in [0.717, 1.165) is 16.6 Å². The molecule has 128 valence electrons. The zero-order valence-electron chi connectivity index (χ0n) is 13.7. The molecule has 0 aliphatic heterocycles. The largest absolute Gasteiger partial charge is 0.489 e. The third-order valence-corrected chi connectivity index (χ3v) is 4.43. The Kier molecular flexibility index (Phi) is 4.97. The molecule has 0 radical (unpaired) electrons. The Labute approximate surface area is 141 Å². The average Bonchev–Trinajstić information content (AvgIpc) is 2.91. The predicted molar refractivity (Wildman–Crippen MR) is 91.7 cm³/mol. The minimum atomic E-state index is -0.581. The number of amides is 1. The van der Waals surface area contributed by atoms with E-state index in [-0.39, 0.29) is 17.9 Å². The Morgan fingerprint density at radius 3 is 2.96 bits per heavy atom. The third kappa shape index (κ3) is 3.66. The van der Waals surface area contributed by atoms with Crippen molar-refractivity contribution in [1.82, 2.24) is 10.3 Å². The van der Waals surface area contributed by atoms with Gasteiger partial charge in [0.1, 0.15) is 17.9 Å². The molecule has 1 fully saturated rings. The van der Waals surface area contributed by atoms with Gasteiger partial charge in [-0.15, -0.1) is 0 Å². The summed E-state index contributed by atoms with van der Waals surface area (Å²) in [6.45, 7) is 2.71. The highest BCUT2D eigenvalue weighted by molar-refractivity contribution is 5.84. The summed E-state index contributed by atoms with van der Waals surface area (Å²) in [5, 5.41) is 13.5. The number of fused-ring (bicyclic) bond motifs is 1. The van der Waals surface area contributed by atoms with Gasteiger partial charge < -0.3 is 20.9 Å². The van der Waals surface area contributed by atoms with Gasteiger partial charge in [-0.3, -0.25) is 4.79 Å². The summed E-state index contributed by atoms with van der Waals surface area (Å²) in [5.74, 6) is 0.429. The molecule has 1 saturated carbocycles. The van der Waals surface area contributed by atoms with Gasteiger partial charge in [-0.2, -0.15) is 0 Å². The van der Waals surface area contributed by atoms with Crippen LogP contribution in [-0.2, 0) is 4.79 Å². The van der Waals surface area contributed by atoms with Crippen LogP contribution in [0.25, 0.3) is 10.9 Å². The molecule has 3 rings (SSSR count). The van der Waals surface area contributed by atoms with Crippen LogP contribution in [0.1, 0.15) is 18.5 Å². The van der Waals surface area contributed by atoms with Gasteiger partial charge in [0.05, 0.1) is 12.6 Å². The molecule has 24 heavy (non-hydrogen) atoms. The van der Waals surface area contributed by atoms with Crippen molar-refractivity contribution in [3.8, 4) is 5.75 Å². The van der Waals surface area contributed by atoms with Crippen LogP contribution >= 0.6 is 0 Å². The number of rotatable bonds is 5. The number of hydrogen-bond donors (Lipinski definition) is 3. The number of para-hydroxylation sites is 1. The highest BCUT2D eigenvalue weighted by atomic mass is 16.5. The molecule has 3 atom stereocenters. The first-order chi connectivity index (χ1) is 11.5. The molecule has 1 aromatic carbocycles. The normalized spacial score (nSPS) is 23.4. The Morgan fingerprint density at radius 1 is 1.38 bits per heavy atom. The fourth-order valence-electron chi connectivity index (χ4n) is 3.08. The number of nitrogens with two attached hydrogens (primary N) is 1. The third-order valence-electron chi connectivity index (χ3n) is 4.43. The number of ether oxygens (including phenoxy) is 1. The van der Waals surface area contributed by atoms with Gasteiger partial charge >= 0.3 is 0 Å². The summed E-state index contributed by atoms with van der Waals surface area (Å²) in [4.78, 5) is 16.6. The lowest BCUT2D eigenvalue weighted by molar-refractivity contribution is -0.125. The quantitative estimate of drug-likeness (QED) is 0.715. The topological polar surface area (TPSA) is 97.5 Å². The number of aliphatic hydroxyl groups excluding tert-OH is 1. The van der Waals surface area contributed by atoms with Gasteiger partial charge in [0.2, 0.25) is 5.91 Å². The molecule has 1 heterocycles. The molecule has 6 nitrogen and oxygen atoms in total. The highest BCUT2D eigenvalue weighted by Gasteiger charge is 2.34. The number of nitrogens with zero attached hydrogens (tertiary/aromatic N) is 1. The molecule has 2 aromatic rings. The Morgan fingerprint density at radius 2 is 2.21 bits per heavy atom. The van der Waals surface area contributed by atoms with E-state index in [0.29, 0.717) is 31.7 Å². The zero-order chi connectivity index (χ0) is 17.1. The second-order valence-electron chi connectivity index (χ2n) is 6.32. The molecule has 1 aliphatic rings. The van der Waals surface area contributed by atoms with Crippen LogP contribution < -0.4 is 15.8 Å². The lowest BCUT2D eigenvalue weighted by Crippen LogP contribution is -2.33. The fraction of sp³-hybridized carbons (Fsp3) is 0.444. The maximum absolute atomic E-state index is 12.1. The van der Waals surface area contributed by atoms with Crippen LogP contribution in [0.15, 0.2) is 30.3 Å². The molecule has 1 aliphatic carbocycles. The van der Waals surface area contributed by atoms with E-state index in [1.807, 2.05) is 37.3 Å². The van der Waals surface area contributed by atoms with E-state index in [1.165, 1.54) is 0 Å². The van der Waals surface area contributed by atoms with E-state index in [9.17, 15) is 9.90 Å². The van der Waals surface area contributed by atoms with Crippen LogP contribution in [0.2, 0.25) is 0 Å². The summed E-state index contributed by atoms with van der Waals surface area (Å²) in [6.07, 6.45) is 0.378. The van der Waals surface area contributed by atoms with Crippen molar-refractivity contribution in [2.45, 2.75) is 31.9 Å². The number of aromatic nitrogens is 1. The first-order valence-electron chi connectivity index (χ1n) is 8.25. The number of hydrogen-bond acceptors (Lipinski definition) is 5. The molecule has 1 aromatic heterocycles. The SMILES string of the molecule is Cc1ccc2cccc(OCCNC(=O)[C@H]3C[C@H](N)[C@@H](O)C3)c2n1. The second-order valence-corrected chi connectivity index (χ2v) is 6.32. The first kappa shape index (κ1) is 16.7. The Bertz CT molecular complexity index is 725. The standard InChI is InChI=1S/C18H23N3O3/c1-11-5-6-12-3-2-4-16(17(12)21-11)24-8-7-20-18(23)13-9-14(19)15(22)10-13/h2-6,13-15,22H,7-10,19H2,1H3,(H,20,23)/t13-,14-,15-/m0/s1. The van der Waals surface area contributed by atoms with Crippen LogP contribution in [0.4, 0.5) is 0 Å².